The van der Waals surface area contributed by atoms with E-state index in [4.69, 9.17) is 9.47 Å². The fraction of sp³-hybridized carbons (Fsp3) is 0.579. The molecular formula is C19H26N2O6. The van der Waals surface area contributed by atoms with Crippen LogP contribution in [0.25, 0.3) is 0 Å². The summed E-state index contributed by atoms with van der Waals surface area (Å²) in [6.07, 6.45) is 6.84. The van der Waals surface area contributed by atoms with Crippen LogP contribution in [-0.4, -0.2) is 42.7 Å². The maximum absolute atomic E-state index is 12.3. The van der Waals surface area contributed by atoms with Crippen molar-refractivity contribution in [2.24, 2.45) is 0 Å². The molecule has 1 aromatic rings. The van der Waals surface area contributed by atoms with Gasteiger partial charge in [-0.3, -0.25) is 14.9 Å². The van der Waals surface area contributed by atoms with Crippen molar-refractivity contribution in [1.29, 1.82) is 0 Å². The van der Waals surface area contributed by atoms with E-state index in [1.54, 1.807) is 6.92 Å². The summed E-state index contributed by atoms with van der Waals surface area (Å²) in [6, 6.07) is 3.56. The number of nitrogens with one attached hydrogen (secondary N) is 1. The smallest absolute Gasteiger partial charge is 0.338 e. The van der Waals surface area contributed by atoms with Gasteiger partial charge in [0.05, 0.1) is 23.2 Å². The maximum atomic E-state index is 12.3. The van der Waals surface area contributed by atoms with Gasteiger partial charge in [-0.25, -0.2) is 4.79 Å². The minimum atomic E-state index is -0.698. The molecule has 1 aromatic carbocycles. The summed E-state index contributed by atoms with van der Waals surface area (Å²) < 4.78 is 10.7. The lowest BCUT2D eigenvalue weighted by Gasteiger charge is -2.21. The summed E-state index contributed by atoms with van der Waals surface area (Å²) in [5, 5.41) is 13.8. The molecule has 0 bridgehead atoms. The van der Waals surface area contributed by atoms with E-state index in [1.165, 1.54) is 25.3 Å². The number of hydrogen-bond donors (Lipinski definition) is 1. The molecule has 27 heavy (non-hydrogen) atoms. The Morgan fingerprint density at radius 1 is 1.19 bits per heavy atom. The summed E-state index contributed by atoms with van der Waals surface area (Å²) in [4.78, 5) is 34.6. The van der Waals surface area contributed by atoms with Crippen LogP contribution in [0, 0.1) is 10.1 Å². The number of rotatable bonds is 9. The first-order valence-corrected chi connectivity index (χ1v) is 9.37. The number of ether oxygens (including phenoxy) is 2. The van der Waals surface area contributed by atoms with Crippen molar-refractivity contribution in [3.63, 3.8) is 0 Å². The fourth-order valence-corrected chi connectivity index (χ4v) is 3.04. The zero-order valence-electron chi connectivity index (χ0n) is 15.6. The molecule has 0 spiro atoms. The van der Waals surface area contributed by atoms with Crippen molar-refractivity contribution < 1.29 is 24.0 Å². The van der Waals surface area contributed by atoms with Crippen LogP contribution in [0.5, 0.6) is 0 Å². The van der Waals surface area contributed by atoms with Crippen LogP contribution >= 0.6 is 0 Å². The first-order valence-electron chi connectivity index (χ1n) is 9.37. The fourth-order valence-electron chi connectivity index (χ4n) is 3.04. The lowest BCUT2D eigenvalue weighted by molar-refractivity contribution is -0.384. The van der Waals surface area contributed by atoms with E-state index in [1.807, 2.05) is 0 Å². The molecule has 0 unspecified atom stereocenters. The second-order valence-electron chi connectivity index (χ2n) is 6.49. The van der Waals surface area contributed by atoms with Crippen molar-refractivity contribution in [2.45, 2.75) is 51.6 Å². The van der Waals surface area contributed by atoms with Gasteiger partial charge in [0.25, 0.3) is 11.6 Å². The topological polar surface area (TPSA) is 108 Å². The zero-order chi connectivity index (χ0) is 19.6. The number of carbonyl (C=O) groups excluding carboxylic acids is 2. The highest BCUT2D eigenvalue weighted by atomic mass is 16.6. The number of carbonyl (C=O) groups is 2. The second-order valence-corrected chi connectivity index (χ2v) is 6.49. The summed E-state index contributed by atoms with van der Waals surface area (Å²) in [6.45, 7) is 2.74. The molecule has 2 rings (SSSR count). The van der Waals surface area contributed by atoms with E-state index in [-0.39, 0.29) is 23.4 Å². The number of nitro groups is 1. The molecule has 0 radical (unpaired) electrons. The summed E-state index contributed by atoms with van der Waals surface area (Å²) in [7, 11) is 0. The van der Waals surface area contributed by atoms with E-state index in [9.17, 15) is 19.7 Å². The number of esters is 1. The number of amides is 1. The summed E-state index contributed by atoms with van der Waals surface area (Å²) in [5.74, 6) is -1.17. The molecule has 0 heterocycles. The van der Waals surface area contributed by atoms with Crippen LogP contribution < -0.4 is 5.32 Å². The highest BCUT2D eigenvalue weighted by molar-refractivity contribution is 5.98. The standard InChI is InChI=1S/C19H26N2O6/c1-2-26-19(23)15-11-14(12-16(13-15)21(24)25)18(22)20-9-6-10-27-17-7-4-3-5-8-17/h11-13,17H,2-10H2,1H3,(H,20,22). The van der Waals surface area contributed by atoms with Gasteiger partial charge in [0.2, 0.25) is 0 Å². The first kappa shape index (κ1) is 20.8. The Morgan fingerprint density at radius 3 is 2.56 bits per heavy atom. The lowest BCUT2D eigenvalue weighted by atomic mass is 9.98. The molecule has 0 atom stereocenters. The van der Waals surface area contributed by atoms with Gasteiger partial charge in [-0.2, -0.15) is 0 Å². The Balaban J connectivity index is 1.88. The number of nitro benzene ring substituents is 1. The summed E-state index contributed by atoms with van der Waals surface area (Å²) >= 11 is 0. The highest BCUT2D eigenvalue weighted by Gasteiger charge is 2.18. The highest BCUT2D eigenvalue weighted by Crippen LogP contribution is 2.20. The Bertz CT molecular complexity index is 670. The van der Waals surface area contributed by atoms with Gasteiger partial charge < -0.3 is 14.8 Å². The van der Waals surface area contributed by atoms with E-state index in [0.29, 0.717) is 25.7 Å². The zero-order valence-corrected chi connectivity index (χ0v) is 15.6. The molecule has 1 fully saturated rings. The maximum Gasteiger partial charge on any atom is 0.338 e. The van der Waals surface area contributed by atoms with E-state index in [2.05, 4.69) is 5.32 Å². The average Bonchev–Trinajstić information content (AvgIpc) is 2.68. The van der Waals surface area contributed by atoms with Crippen LogP contribution in [0.4, 0.5) is 5.69 Å². The normalized spacial score (nSPS) is 14.6. The third-order valence-corrected chi connectivity index (χ3v) is 4.41. The number of non-ortho nitro benzene ring substituents is 1. The number of nitrogens with zero attached hydrogens (tertiary/aromatic N) is 1. The quantitative estimate of drug-likeness (QED) is 0.306. The molecule has 1 N–H and O–H groups in total. The molecule has 8 nitrogen and oxygen atoms in total. The van der Waals surface area contributed by atoms with Crippen molar-refractivity contribution in [3.05, 3.63) is 39.4 Å². The molecule has 0 aliphatic heterocycles. The molecule has 1 aliphatic rings. The van der Waals surface area contributed by atoms with Crippen LogP contribution in [0.3, 0.4) is 0 Å². The average molecular weight is 378 g/mol. The Morgan fingerprint density at radius 2 is 1.89 bits per heavy atom. The molecule has 8 heteroatoms. The van der Waals surface area contributed by atoms with Crippen molar-refractivity contribution >= 4 is 17.6 Å². The van der Waals surface area contributed by atoms with E-state index in [0.717, 1.165) is 25.0 Å². The predicted molar refractivity (Wildman–Crippen MR) is 98.8 cm³/mol. The van der Waals surface area contributed by atoms with Gasteiger partial charge in [0.1, 0.15) is 0 Å². The number of hydrogen-bond acceptors (Lipinski definition) is 6. The van der Waals surface area contributed by atoms with E-state index < -0.39 is 16.8 Å². The van der Waals surface area contributed by atoms with Gasteiger partial charge in [-0.15, -0.1) is 0 Å². The largest absolute Gasteiger partial charge is 0.462 e. The first-order chi connectivity index (χ1) is 13.0. The monoisotopic (exact) mass is 378 g/mol. The molecule has 1 aliphatic carbocycles. The summed E-state index contributed by atoms with van der Waals surface area (Å²) in [5.41, 5.74) is -0.288. The van der Waals surface area contributed by atoms with Gasteiger partial charge in [0.15, 0.2) is 0 Å². The van der Waals surface area contributed by atoms with Gasteiger partial charge in [0, 0.05) is 30.8 Å². The number of benzene rings is 1. The SMILES string of the molecule is CCOC(=O)c1cc(C(=O)NCCCOC2CCCCC2)cc([N+](=O)[O-])c1. The van der Waals surface area contributed by atoms with Gasteiger partial charge >= 0.3 is 5.97 Å². The van der Waals surface area contributed by atoms with E-state index >= 15 is 0 Å². The van der Waals surface area contributed by atoms with Gasteiger partial charge in [-0.05, 0) is 32.3 Å². The van der Waals surface area contributed by atoms with Crippen LogP contribution in [-0.2, 0) is 9.47 Å². The van der Waals surface area contributed by atoms with Gasteiger partial charge in [-0.1, -0.05) is 19.3 Å². The molecule has 0 aromatic heterocycles. The molecule has 148 valence electrons. The van der Waals surface area contributed by atoms with Crippen molar-refractivity contribution in [2.75, 3.05) is 19.8 Å². The van der Waals surface area contributed by atoms with Crippen LogP contribution in [0.2, 0.25) is 0 Å². The molecule has 0 saturated heterocycles. The molecular weight excluding hydrogens is 352 g/mol. The Hall–Kier alpha value is -2.48. The minimum Gasteiger partial charge on any atom is -0.462 e. The minimum absolute atomic E-state index is 0.0168. The second kappa shape index (κ2) is 10.6. The molecule has 1 amide bonds. The molecule has 1 saturated carbocycles. The third-order valence-electron chi connectivity index (χ3n) is 4.41. The lowest BCUT2D eigenvalue weighted by Crippen LogP contribution is -2.26. The third kappa shape index (κ3) is 6.63. The Kier molecular flexibility index (Phi) is 8.19. The predicted octanol–water partition coefficient (Wildman–Crippen LogP) is 3.24. The van der Waals surface area contributed by atoms with Crippen LogP contribution in [0.1, 0.15) is 66.2 Å². The van der Waals surface area contributed by atoms with Crippen molar-refractivity contribution in [3.8, 4) is 0 Å². The van der Waals surface area contributed by atoms with Crippen LogP contribution in [0.15, 0.2) is 18.2 Å². The van der Waals surface area contributed by atoms with Crippen molar-refractivity contribution in [1.82, 2.24) is 5.32 Å². The Labute approximate surface area is 158 Å².